The number of furan rings is 1. The Balaban J connectivity index is 1.17. The molecule has 0 unspecified atom stereocenters. The van der Waals surface area contributed by atoms with Crippen molar-refractivity contribution < 1.29 is 4.42 Å². The summed E-state index contributed by atoms with van der Waals surface area (Å²) in [6.07, 6.45) is 0. The average Bonchev–Trinajstić information content (AvgIpc) is 3.91. The molecule has 0 amide bonds. The van der Waals surface area contributed by atoms with Crippen molar-refractivity contribution in [3.8, 4) is 22.3 Å². The fraction of sp³-hybridized carbons (Fsp3) is 0.0408. The van der Waals surface area contributed by atoms with Gasteiger partial charge >= 0.3 is 0 Å². The van der Waals surface area contributed by atoms with Crippen LogP contribution in [0.1, 0.15) is 40.3 Å². The Hall–Kier alpha value is -6.29. The minimum Gasteiger partial charge on any atom is -0.456 e. The van der Waals surface area contributed by atoms with Crippen molar-refractivity contribution in [1.29, 1.82) is 0 Å². The number of hydrogen-bond acceptors (Lipinski definition) is 3. The minimum absolute atomic E-state index is 0.453. The second-order valence-electron chi connectivity index (χ2n) is 13.5. The second kappa shape index (κ2) is 11.9. The van der Waals surface area contributed by atoms with Crippen LogP contribution in [0.2, 0.25) is 0 Å². The lowest BCUT2D eigenvalue weighted by molar-refractivity contribution is 0.669. The van der Waals surface area contributed by atoms with Crippen LogP contribution in [0.3, 0.4) is 0 Å². The summed E-state index contributed by atoms with van der Waals surface area (Å²) in [6, 6.07) is 59.0. The number of rotatable bonds is 6. The summed E-state index contributed by atoms with van der Waals surface area (Å²) in [6.45, 7) is 6.57. The van der Waals surface area contributed by atoms with Gasteiger partial charge in [0, 0.05) is 37.7 Å². The first-order valence-corrected chi connectivity index (χ1v) is 18.5. The molecular weight excluding hydrogens is 651 g/mol. The number of thiophene rings is 1. The van der Waals surface area contributed by atoms with Crippen LogP contribution in [-0.2, 0) is 5.41 Å². The van der Waals surface area contributed by atoms with Crippen LogP contribution in [0.25, 0.3) is 60.0 Å². The maximum atomic E-state index is 6.48. The lowest BCUT2D eigenvalue weighted by atomic mass is 9.67. The molecule has 0 saturated heterocycles. The van der Waals surface area contributed by atoms with Crippen LogP contribution in [0.5, 0.6) is 0 Å². The molecule has 1 aliphatic rings. The van der Waals surface area contributed by atoms with Crippen molar-refractivity contribution in [2.75, 3.05) is 0 Å². The minimum atomic E-state index is -0.453. The molecule has 1 aliphatic carbocycles. The maximum Gasteiger partial charge on any atom is 0.136 e. The van der Waals surface area contributed by atoms with Gasteiger partial charge in [0.05, 0.1) is 11.1 Å². The van der Waals surface area contributed by atoms with Gasteiger partial charge in [-0.15, -0.1) is 11.3 Å². The predicted molar refractivity (Wildman–Crippen MR) is 220 cm³/mol. The molecule has 0 spiro atoms. The Bertz CT molecular complexity index is 2830. The number of hydrogen-bond donors (Lipinski definition) is 0. The molecule has 2 heterocycles. The zero-order chi connectivity index (χ0) is 34.8. The predicted octanol–water partition coefficient (Wildman–Crippen LogP) is 13.3. The molecule has 0 N–H and O–H groups in total. The molecule has 52 heavy (non-hydrogen) atoms. The van der Waals surface area contributed by atoms with E-state index in [9.17, 15) is 0 Å². The number of aliphatic imine (C=N–C) groups is 1. The van der Waals surface area contributed by atoms with Crippen LogP contribution in [0.4, 0.5) is 0 Å². The van der Waals surface area contributed by atoms with E-state index in [1.165, 1.54) is 49.0 Å². The highest BCUT2D eigenvalue weighted by molar-refractivity contribution is 7.17. The maximum absolute atomic E-state index is 6.48. The van der Waals surface area contributed by atoms with E-state index in [0.29, 0.717) is 5.70 Å². The number of nitrogens with zero attached hydrogens (tertiary/aromatic N) is 1. The molecule has 0 bridgehead atoms. The Morgan fingerprint density at radius 3 is 2.08 bits per heavy atom. The van der Waals surface area contributed by atoms with Gasteiger partial charge < -0.3 is 4.42 Å². The van der Waals surface area contributed by atoms with E-state index in [1.54, 1.807) is 11.3 Å². The van der Waals surface area contributed by atoms with Crippen LogP contribution in [0.15, 0.2) is 185 Å². The van der Waals surface area contributed by atoms with Gasteiger partial charge in [-0.3, -0.25) is 4.99 Å². The zero-order valence-electron chi connectivity index (χ0n) is 28.6. The Morgan fingerprint density at radius 1 is 0.596 bits per heavy atom. The fourth-order valence-electron chi connectivity index (χ4n) is 8.60. The molecule has 0 aliphatic heterocycles. The van der Waals surface area contributed by atoms with Crippen LogP contribution >= 0.6 is 11.3 Å². The van der Waals surface area contributed by atoms with Gasteiger partial charge in [0.25, 0.3) is 0 Å². The van der Waals surface area contributed by atoms with E-state index in [-0.39, 0.29) is 0 Å². The molecule has 9 aromatic rings. The Labute approximate surface area is 306 Å². The number of benzene rings is 7. The van der Waals surface area contributed by atoms with Crippen molar-refractivity contribution in [3.63, 3.8) is 0 Å². The van der Waals surface area contributed by atoms with Crippen LogP contribution in [-0.4, -0.2) is 5.71 Å². The molecule has 10 rings (SSSR count). The van der Waals surface area contributed by atoms with E-state index in [2.05, 4.69) is 171 Å². The lowest BCUT2D eigenvalue weighted by Crippen LogP contribution is -2.28. The van der Waals surface area contributed by atoms with Gasteiger partial charge in [0.1, 0.15) is 11.2 Å². The van der Waals surface area contributed by atoms with Crippen LogP contribution < -0.4 is 0 Å². The largest absolute Gasteiger partial charge is 0.456 e. The molecule has 0 fully saturated rings. The highest BCUT2D eigenvalue weighted by atomic mass is 32.1. The monoisotopic (exact) mass is 683 g/mol. The summed E-state index contributed by atoms with van der Waals surface area (Å²) >= 11 is 1.75. The third kappa shape index (κ3) is 4.46. The molecule has 3 heteroatoms. The number of fused-ring (bicyclic) bond motifs is 7. The second-order valence-corrected chi connectivity index (χ2v) is 14.5. The molecule has 7 aromatic carbocycles. The molecular formula is C49H33NOS. The van der Waals surface area contributed by atoms with Gasteiger partial charge in [-0.1, -0.05) is 140 Å². The molecule has 246 valence electrons. The molecule has 0 radical (unpaired) electrons. The normalized spacial score (nSPS) is 13.4. The van der Waals surface area contributed by atoms with E-state index in [1.807, 2.05) is 12.1 Å². The topological polar surface area (TPSA) is 25.5 Å². The van der Waals surface area contributed by atoms with E-state index < -0.39 is 5.41 Å². The molecule has 0 atom stereocenters. The summed E-state index contributed by atoms with van der Waals surface area (Å²) in [4.78, 5) is 5.10. The molecule has 2 aromatic heterocycles. The Morgan fingerprint density at radius 2 is 1.27 bits per heavy atom. The zero-order valence-corrected chi connectivity index (χ0v) is 29.5. The van der Waals surface area contributed by atoms with Crippen molar-refractivity contribution >= 4 is 54.8 Å². The summed E-state index contributed by atoms with van der Waals surface area (Å²) < 4.78 is 7.74. The quantitative estimate of drug-likeness (QED) is 0.160. The van der Waals surface area contributed by atoms with E-state index in [4.69, 9.17) is 9.41 Å². The third-order valence-electron chi connectivity index (χ3n) is 10.8. The smallest absolute Gasteiger partial charge is 0.136 e. The first-order chi connectivity index (χ1) is 25.6. The summed E-state index contributed by atoms with van der Waals surface area (Å²) in [5.74, 6) is 0. The first kappa shape index (κ1) is 30.5. The Kier molecular flexibility index (Phi) is 6.99. The first-order valence-electron chi connectivity index (χ1n) is 17.6. The van der Waals surface area contributed by atoms with E-state index >= 15 is 0 Å². The molecule has 2 nitrogen and oxygen atoms in total. The van der Waals surface area contributed by atoms with Crippen molar-refractivity contribution in [2.45, 2.75) is 12.3 Å². The standard InChI is InChI=1S/C49H33NOS/c1-31(36-19-13-25-46-39(36)28-29-52-46)50-32(2)37-20-12-24-45-48(37)41-30-33(26-27-44(41)51-45)38-21-11-23-43-47(38)40-18-9-10-22-42(40)49(43,34-14-5-3-6-15-34)35-16-7-4-8-17-35/h3-30H,2H2,1H3. The highest BCUT2D eigenvalue weighted by Gasteiger charge is 2.46. The fourth-order valence-corrected chi connectivity index (χ4v) is 9.41. The average molecular weight is 684 g/mol. The summed E-state index contributed by atoms with van der Waals surface area (Å²) in [7, 11) is 0. The van der Waals surface area contributed by atoms with Gasteiger partial charge in [0.2, 0.25) is 0 Å². The summed E-state index contributed by atoms with van der Waals surface area (Å²) in [5, 5.41) is 5.44. The van der Waals surface area contributed by atoms with Gasteiger partial charge in [0.15, 0.2) is 0 Å². The van der Waals surface area contributed by atoms with Gasteiger partial charge in [-0.05, 0) is 87.1 Å². The van der Waals surface area contributed by atoms with Crippen molar-refractivity contribution in [1.82, 2.24) is 0 Å². The van der Waals surface area contributed by atoms with Crippen molar-refractivity contribution in [2.24, 2.45) is 4.99 Å². The van der Waals surface area contributed by atoms with Crippen LogP contribution in [0, 0.1) is 0 Å². The summed E-state index contributed by atoms with van der Waals surface area (Å²) in [5.41, 5.74) is 15.0. The van der Waals surface area contributed by atoms with Gasteiger partial charge in [-0.2, -0.15) is 0 Å². The SMILES string of the molecule is C=C(N=C(C)c1cccc2sccc12)c1cccc2oc3ccc(-c4cccc5c4-c4ccccc4C5(c4ccccc4)c4ccccc4)cc3c12. The highest BCUT2D eigenvalue weighted by Crippen LogP contribution is 2.58. The van der Waals surface area contributed by atoms with E-state index in [0.717, 1.165) is 44.3 Å². The van der Waals surface area contributed by atoms with Gasteiger partial charge in [-0.25, -0.2) is 0 Å². The lowest BCUT2D eigenvalue weighted by Gasteiger charge is -2.34. The molecule has 0 saturated carbocycles. The van der Waals surface area contributed by atoms with Crippen molar-refractivity contribution in [3.05, 3.63) is 209 Å². The third-order valence-corrected chi connectivity index (χ3v) is 11.7.